The van der Waals surface area contributed by atoms with Gasteiger partial charge in [-0.25, -0.2) is 17.9 Å². The van der Waals surface area contributed by atoms with Gasteiger partial charge >= 0.3 is 5.97 Å². The highest BCUT2D eigenvalue weighted by atomic mass is 32.2. The summed E-state index contributed by atoms with van der Waals surface area (Å²) in [7, 11) is -3.76. The average molecular weight is 388 g/mol. The van der Waals surface area contributed by atoms with Crippen molar-refractivity contribution in [1.82, 2.24) is 4.72 Å². The van der Waals surface area contributed by atoms with Crippen LogP contribution in [-0.4, -0.2) is 33.4 Å². The van der Waals surface area contributed by atoms with E-state index in [2.05, 4.69) is 16.6 Å². The van der Waals surface area contributed by atoms with Crippen LogP contribution in [0.15, 0.2) is 66.1 Å². The van der Waals surface area contributed by atoms with E-state index in [1.807, 2.05) is 13.0 Å². The first-order valence-corrected chi connectivity index (χ1v) is 9.54. The van der Waals surface area contributed by atoms with Crippen molar-refractivity contribution >= 4 is 27.6 Å². The molecule has 27 heavy (non-hydrogen) atoms. The van der Waals surface area contributed by atoms with Gasteiger partial charge in [0.25, 0.3) is 5.91 Å². The number of sulfonamides is 1. The van der Waals surface area contributed by atoms with Gasteiger partial charge in [-0.15, -0.1) is 6.58 Å². The van der Waals surface area contributed by atoms with E-state index in [0.29, 0.717) is 5.69 Å². The van der Waals surface area contributed by atoms with E-state index < -0.39 is 28.5 Å². The lowest BCUT2D eigenvalue weighted by Crippen LogP contribution is -2.24. The summed E-state index contributed by atoms with van der Waals surface area (Å²) in [5.41, 5.74) is 1.60. The van der Waals surface area contributed by atoms with Crippen molar-refractivity contribution in [3.63, 3.8) is 0 Å². The van der Waals surface area contributed by atoms with Crippen molar-refractivity contribution in [1.29, 1.82) is 0 Å². The lowest BCUT2D eigenvalue weighted by Gasteiger charge is -2.09. The van der Waals surface area contributed by atoms with E-state index in [-0.39, 0.29) is 17.0 Å². The molecule has 0 heterocycles. The summed E-state index contributed by atoms with van der Waals surface area (Å²) in [5.74, 6) is -1.29. The zero-order chi connectivity index (χ0) is 19.9. The Balaban J connectivity index is 1.98. The Morgan fingerprint density at radius 3 is 2.59 bits per heavy atom. The second-order valence-electron chi connectivity index (χ2n) is 5.66. The maximum atomic E-state index is 12.1. The number of aryl methyl sites for hydroxylation is 1. The van der Waals surface area contributed by atoms with Crippen LogP contribution in [0.4, 0.5) is 5.69 Å². The first-order chi connectivity index (χ1) is 12.8. The smallest absolute Gasteiger partial charge is 0.338 e. The SMILES string of the molecule is C=CCNS(=O)(=O)c1cccc(C(=O)OCC(=O)Nc2cccc(C)c2)c1. The molecular formula is C19H20N2O5S. The number of rotatable bonds is 8. The van der Waals surface area contributed by atoms with Gasteiger partial charge in [0.1, 0.15) is 0 Å². The summed E-state index contributed by atoms with van der Waals surface area (Å²) in [4.78, 5) is 23.9. The second-order valence-corrected chi connectivity index (χ2v) is 7.43. The van der Waals surface area contributed by atoms with Crippen LogP contribution in [0, 0.1) is 6.92 Å². The highest BCUT2D eigenvalue weighted by molar-refractivity contribution is 7.89. The first kappa shape index (κ1) is 20.3. The molecular weight excluding hydrogens is 368 g/mol. The number of esters is 1. The maximum absolute atomic E-state index is 12.1. The topological polar surface area (TPSA) is 102 Å². The fourth-order valence-corrected chi connectivity index (χ4v) is 3.22. The van der Waals surface area contributed by atoms with Gasteiger partial charge in [-0.3, -0.25) is 4.79 Å². The van der Waals surface area contributed by atoms with Gasteiger partial charge in [0.15, 0.2) is 6.61 Å². The number of ether oxygens (including phenoxy) is 1. The van der Waals surface area contributed by atoms with E-state index >= 15 is 0 Å². The van der Waals surface area contributed by atoms with E-state index in [9.17, 15) is 18.0 Å². The molecule has 0 aliphatic rings. The summed E-state index contributed by atoms with van der Waals surface area (Å²) >= 11 is 0. The number of nitrogens with one attached hydrogen (secondary N) is 2. The van der Waals surface area contributed by atoms with Gasteiger partial charge in [0.2, 0.25) is 10.0 Å². The van der Waals surface area contributed by atoms with Crippen molar-refractivity contribution in [2.24, 2.45) is 0 Å². The Morgan fingerprint density at radius 2 is 1.89 bits per heavy atom. The maximum Gasteiger partial charge on any atom is 0.338 e. The summed E-state index contributed by atoms with van der Waals surface area (Å²) in [5, 5.41) is 2.62. The number of anilines is 1. The number of hydrogen-bond acceptors (Lipinski definition) is 5. The summed E-state index contributed by atoms with van der Waals surface area (Å²) < 4.78 is 31.4. The fourth-order valence-electron chi connectivity index (χ4n) is 2.18. The Kier molecular flexibility index (Phi) is 6.86. The molecule has 0 aliphatic carbocycles. The second kappa shape index (κ2) is 9.11. The Hall–Kier alpha value is -2.97. The summed E-state index contributed by atoms with van der Waals surface area (Å²) in [6.45, 7) is 4.91. The van der Waals surface area contributed by atoms with Crippen LogP contribution in [-0.2, 0) is 19.6 Å². The third-order valence-electron chi connectivity index (χ3n) is 3.43. The Labute approximate surface area is 158 Å². The Bertz CT molecular complexity index is 954. The van der Waals surface area contributed by atoms with Crippen molar-refractivity contribution < 1.29 is 22.7 Å². The standard InChI is InChI=1S/C19H20N2O5S/c1-3-10-20-27(24,25)17-9-5-7-15(12-17)19(23)26-13-18(22)21-16-8-4-6-14(2)11-16/h3-9,11-12,20H,1,10,13H2,2H3,(H,21,22). The van der Waals surface area contributed by atoms with Crippen LogP contribution in [0.1, 0.15) is 15.9 Å². The highest BCUT2D eigenvalue weighted by Crippen LogP contribution is 2.13. The van der Waals surface area contributed by atoms with E-state index in [0.717, 1.165) is 5.56 Å². The van der Waals surface area contributed by atoms with Crippen LogP contribution < -0.4 is 10.0 Å². The molecule has 1 amide bonds. The molecule has 0 spiro atoms. The molecule has 142 valence electrons. The van der Waals surface area contributed by atoms with Crippen LogP contribution in [0.2, 0.25) is 0 Å². The predicted molar refractivity (Wildman–Crippen MR) is 102 cm³/mol. The molecule has 0 unspecified atom stereocenters. The van der Waals surface area contributed by atoms with Crippen molar-refractivity contribution in [2.45, 2.75) is 11.8 Å². The largest absolute Gasteiger partial charge is 0.452 e. The minimum atomic E-state index is -3.76. The fraction of sp³-hybridized carbons (Fsp3) is 0.158. The lowest BCUT2D eigenvalue weighted by atomic mass is 10.2. The van der Waals surface area contributed by atoms with Crippen molar-refractivity contribution in [3.8, 4) is 0 Å². The molecule has 0 atom stereocenters. The molecule has 0 radical (unpaired) electrons. The zero-order valence-corrected chi connectivity index (χ0v) is 15.6. The average Bonchev–Trinajstić information content (AvgIpc) is 2.64. The van der Waals surface area contributed by atoms with Crippen LogP contribution in [0.25, 0.3) is 0 Å². The minimum absolute atomic E-state index is 0.0276. The monoisotopic (exact) mass is 388 g/mol. The van der Waals surface area contributed by atoms with Crippen molar-refractivity contribution in [2.75, 3.05) is 18.5 Å². The number of hydrogen-bond donors (Lipinski definition) is 2. The molecule has 0 aliphatic heterocycles. The first-order valence-electron chi connectivity index (χ1n) is 8.06. The summed E-state index contributed by atoms with van der Waals surface area (Å²) in [6, 6.07) is 12.6. The number of carbonyl (C=O) groups excluding carboxylic acids is 2. The van der Waals surface area contributed by atoms with Gasteiger partial charge in [0.05, 0.1) is 10.5 Å². The predicted octanol–water partition coefficient (Wildman–Crippen LogP) is 2.25. The van der Waals surface area contributed by atoms with Crippen LogP contribution in [0.5, 0.6) is 0 Å². The highest BCUT2D eigenvalue weighted by Gasteiger charge is 2.17. The van der Waals surface area contributed by atoms with Gasteiger partial charge in [-0.2, -0.15) is 0 Å². The Morgan fingerprint density at radius 1 is 1.15 bits per heavy atom. The molecule has 2 N–H and O–H groups in total. The number of benzene rings is 2. The molecule has 8 heteroatoms. The minimum Gasteiger partial charge on any atom is -0.452 e. The molecule has 2 aromatic carbocycles. The molecule has 0 saturated heterocycles. The van der Waals surface area contributed by atoms with Crippen molar-refractivity contribution in [3.05, 3.63) is 72.3 Å². The number of amides is 1. The summed E-state index contributed by atoms with van der Waals surface area (Å²) in [6.07, 6.45) is 1.41. The van der Waals surface area contributed by atoms with Gasteiger partial charge in [-0.1, -0.05) is 24.3 Å². The van der Waals surface area contributed by atoms with Crippen LogP contribution in [0.3, 0.4) is 0 Å². The molecule has 0 saturated carbocycles. The third-order valence-corrected chi connectivity index (χ3v) is 4.86. The molecule has 0 aromatic heterocycles. The zero-order valence-electron chi connectivity index (χ0n) is 14.8. The molecule has 0 fully saturated rings. The van der Waals surface area contributed by atoms with E-state index in [1.54, 1.807) is 18.2 Å². The normalized spacial score (nSPS) is 10.9. The third kappa shape index (κ3) is 6.05. The van der Waals surface area contributed by atoms with Gasteiger partial charge in [-0.05, 0) is 42.8 Å². The molecule has 7 nitrogen and oxygen atoms in total. The van der Waals surface area contributed by atoms with E-state index in [4.69, 9.17) is 4.74 Å². The van der Waals surface area contributed by atoms with Gasteiger partial charge < -0.3 is 10.1 Å². The van der Waals surface area contributed by atoms with Crippen LogP contribution >= 0.6 is 0 Å². The molecule has 0 bridgehead atoms. The van der Waals surface area contributed by atoms with E-state index in [1.165, 1.54) is 30.3 Å². The quantitative estimate of drug-likeness (QED) is 0.533. The molecule has 2 aromatic rings. The number of carbonyl (C=O) groups is 2. The van der Waals surface area contributed by atoms with Gasteiger partial charge in [0, 0.05) is 12.2 Å². The lowest BCUT2D eigenvalue weighted by molar-refractivity contribution is -0.119. The molecule has 2 rings (SSSR count).